The van der Waals surface area contributed by atoms with Crippen molar-refractivity contribution in [3.05, 3.63) is 41.7 Å². The second kappa shape index (κ2) is 5.54. The number of aryl methyl sites for hydroxylation is 1. The van der Waals surface area contributed by atoms with E-state index in [0.717, 1.165) is 22.6 Å². The molecule has 2 bridgehead atoms. The molecule has 0 spiro atoms. The van der Waals surface area contributed by atoms with Crippen LogP contribution in [0, 0.1) is 30.6 Å². The summed E-state index contributed by atoms with van der Waals surface area (Å²) in [5, 5.41) is 2.75. The maximum Gasteiger partial charge on any atom is 0.240 e. The van der Waals surface area contributed by atoms with Gasteiger partial charge in [0.05, 0.1) is 24.1 Å². The molecule has 3 aliphatic rings. The molecule has 1 aliphatic heterocycles. The number of rotatable bonds is 4. The van der Waals surface area contributed by atoms with Crippen molar-refractivity contribution in [3.8, 4) is 0 Å². The maximum absolute atomic E-state index is 12.5. The number of allylic oxidation sites excluding steroid dienone is 2. The second-order valence-corrected chi connectivity index (χ2v) is 6.81. The first kappa shape index (κ1) is 15.1. The Bertz CT molecular complexity index is 728. The van der Waals surface area contributed by atoms with Gasteiger partial charge in [0.2, 0.25) is 17.7 Å². The summed E-state index contributed by atoms with van der Waals surface area (Å²) in [6.07, 6.45) is 6.66. The first-order chi connectivity index (χ1) is 11.6. The van der Waals surface area contributed by atoms with Gasteiger partial charge in [0.25, 0.3) is 0 Å². The van der Waals surface area contributed by atoms with Gasteiger partial charge in [0.1, 0.15) is 6.54 Å². The van der Waals surface area contributed by atoms with E-state index in [1.165, 1.54) is 0 Å². The number of hydrogen-bond acceptors (Lipinski definition) is 4. The molecule has 124 valence electrons. The summed E-state index contributed by atoms with van der Waals surface area (Å²) in [7, 11) is 0. The largest absolute Gasteiger partial charge is 0.349 e. The summed E-state index contributed by atoms with van der Waals surface area (Å²) < 4.78 is 0. The highest BCUT2D eigenvalue weighted by Gasteiger charge is 2.59. The zero-order chi connectivity index (χ0) is 16.8. The van der Waals surface area contributed by atoms with Crippen LogP contribution < -0.4 is 5.32 Å². The minimum absolute atomic E-state index is 0.167. The summed E-state index contributed by atoms with van der Waals surface area (Å²) in [5.41, 5.74) is 1.77. The quantitative estimate of drug-likeness (QED) is 0.656. The molecule has 2 aliphatic carbocycles. The molecule has 1 N–H and O–H groups in total. The number of hydrogen-bond donors (Lipinski definition) is 1. The minimum Gasteiger partial charge on any atom is -0.349 e. The number of imide groups is 1. The minimum atomic E-state index is -0.331. The molecule has 0 radical (unpaired) electrons. The van der Waals surface area contributed by atoms with Gasteiger partial charge in [-0.15, -0.1) is 0 Å². The Labute approximate surface area is 139 Å². The predicted octanol–water partition coefficient (Wildman–Crippen LogP) is 0.813. The monoisotopic (exact) mass is 325 g/mol. The lowest BCUT2D eigenvalue weighted by molar-refractivity contribution is -0.144. The third-order valence-corrected chi connectivity index (χ3v) is 5.43. The maximum atomic E-state index is 12.5. The molecule has 6 nitrogen and oxygen atoms in total. The van der Waals surface area contributed by atoms with E-state index in [4.69, 9.17) is 0 Å². The number of fused-ring (bicyclic) bond motifs is 5. The molecule has 6 heteroatoms. The number of carbonyl (C=O) groups is 3. The van der Waals surface area contributed by atoms with E-state index in [2.05, 4.69) is 10.3 Å². The molecule has 0 unspecified atom stereocenters. The van der Waals surface area contributed by atoms with Gasteiger partial charge < -0.3 is 5.32 Å². The van der Waals surface area contributed by atoms with Gasteiger partial charge in [0.15, 0.2) is 0 Å². The van der Waals surface area contributed by atoms with Crippen molar-refractivity contribution >= 4 is 17.7 Å². The Morgan fingerprint density at radius 1 is 1.25 bits per heavy atom. The van der Waals surface area contributed by atoms with E-state index < -0.39 is 0 Å². The molecule has 2 fully saturated rings. The van der Waals surface area contributed by atoms with Gasteiger partial charge in [0, 0.05) is 6.20 Å². The van der Waals surface area contributed by atoms with Crippen molar-refractivity contribution in [2.24, 2.45) is 23.7 Å². The van der Waals surface area contributed by atoms with Crippen LogP contribution in [0.25, 0.3) is 0 Å². The van der Waals surface area contributed by atoms with Crippen LogP contribution in [0.3, 0.4) is 0 Å². The van der Waals surface area contributed by atoms with Crippen LogP contribution in [0.2, 0.25) is 0 Å². The normalized spacial score (nSPS) is 30.1. The Hall–Kier alpha value is -2.50. The number of nitrogens with zero attached hydrogens (tertiary/aromatic N) is 2. The standard InChI is InChI=1S/C18H19N3O3/c1-10-3-2-6-19-13(10)8-20-14(22)9-21-17(23)15-11-4-5-12(7-11)16(15)18(21)24/h2-6,11-12,15-16H,7-9H2,1H3,(H,20,22)/t11-,12-,15+,16+/m0/s1. The van der Waals surface area contributed by atoms with E-state index in [1.54, 1.807) is 6.20 Å². The van der Waals surface area contributed by atoms with Crippen LogP contribution in [0.4, 0.5) is 0 Å². The molecular formula is C18H19N3O3. The number of aromatic nitrogens is 1. The number of carbonyl (C=O) groups excluding carboxylic acids is 3. The van der Waals surface area contributed by atoms with Crippen LogP contribution >= 0.6 is 0 Å². The summed E-state index contributed by atoms with van der Waals surface area (Å²) in [6.45, 7) is 2.02. The molecule has 4 atom stereocenters. The molecule has 0 aromatic carbocycles. The fourth-order valence-corrected chi connectivity index (χ4v) is 4.21. The Morgan fingerprint density at radius 3 is 2.54 bits per heavy atom. The predicted molar refractivity (Wildman–Crippen MR) is 85.3 cm³/mol. The topological polar surface area (TPSA) is 79.4 Å². The smallest absolute Gasteiger partial charge is 0.240 e. The third-order valence-electron chi connectivity index (χ3n) is 5.43. The van der Waals surface area contributed by atoms with Crippen molar-refractivity contribution in [2.75, 3.05) is 6.54 Å². The zero-order valence-electron chi connectivity index (χ0n) is 13.4. The van der Waals surface area contributed by atoms with Crippen molar-refractivity contribution in [1.29, 1.82) is 0 Å². The van der Waals surface area contributed by atoms with Crippen LogP contribution in [-0.2, 0) is 20.9 Å². The van der Waals surface area contributed by atoms with Gasteiger partial charge in [-0.2, -0.15) is 0 Å². The van der Waals surface area contributed by atoms with Crippen LogP contribution in [0.15, 0.2) is 30.5 Å². The van der Waals surface area contributed by atoms with Crippen LogP contribution in [-0.4, -0.2) is 34.2 Å². The Kier molecular flexibility index (Phi) is 3.48. The van der Waals surface area contributed by atoms with Gasteiger partial charge in [-0.05, 0) is 36.8 Å². The Balaban J connectivity index is 1.39. The van der Waals surface area contributed by atoms with Gasteiger partial charge in [-0.25, -0.2) is 0 Å². The number of amides is 3. The molecule has 1 saturated heterocycles. The average molecular weight is 325 g/mol. The molecule has 1 aromatic heterocycles. The molecule has 1 saturated carbocycles. The first-order valence-electron chi connectivity index (χ1n) is 8.27. The second-order valence-electron chi connectivity index (χ2n) is 6.81. The summed E-state index contributed by atoms with van der Waals surface area (Å²) in [4.78, 5) is 42.6. The molecule has 1 aromatic rings. The summed E-state index contributed by atoms with van der Waals surface area (Å²) in [5.74, 6) is -0.878. The molecule has 3 amide bonds. The highest BCUT2D eigenvalue weighted by molar-refractivity contribution is 6.08. The number of pyridine rings is 1. The van der Waals surface area contributed by atoms with Gasteiger partial charge in [-0.1, -0.05) is 18.2 Å². The zero-order valence-corrected chi connectivity index (χ0v) is 13.4. The fraction of sp³-hybridized carbons (Fsp3) is 0.444. The number of likely N-dealkylation sites (tertiary alicyclic amines) is 1. The van der Waals surface area contributed by atoms with E-state index in [0.29, 0.717) is 6.54 Å². The van der Waals surface area contributed by atoms with E-state index in [-0.39, 0.29) is 47.9 Å². The van der Waals surface area contributed by atoms with Gasteiger partial charge >= 0.3 is 0 Å². The van der Waals surface area contributed by atoms with E-state index in [1.807, 2.05) is 31.2 Å². The Morgan fingerprint density at radius 2 is 1.92 bits per heavy atom. The third kappa shape index (κ3) is 2.25. The van der Waals surface area contributed by atoms with Crippen molar-refractivity contribution in [3.63, 3.8) is 0 Å². The summed E-state index contributed by atoms with van der Waals surface area (Å²) in [6, 6.07) is 3.76. The average Bonchev–Trinajstić information content (AvgIpc) is 3.24. The lowest BCUT2D eigenvalue weighted by Gasteiger charge is -2.16. The fourth-order valence-electron chi connectivity index (χ4n) is 4.21. The lowest BCUT2D eigenvalue weighted by atomic mass is 9.85. The highest BCUT2D eigenvalue weighted by Crippen LogP contribution is 2.52. The molecule has 24 heavy (non-hydrogen) atoms. The van der Waals surface area contributed by atoms with Crippen molar-refractivity contribution in [2.45, 2.75) is 19.9 Å². The van der Waals surface area contributed by atoms with Crippen molar-refractivity contribution < 1.29 is 14.4 Å². The number of nitrogens with one attached hydrogen (secondary N) is 1. The molecule has 4 rings (SSSR count). The SMILES string of the molecule is Cc1cccnc1CNC(=O)CN1C(=O)[C@H]2[C@H](C1=O)[C@H]1C=C[C@H]2C1. The molecule has 2 heterocycles. The van der Waals surface area contributed by atoms with E-state index >= 15 is 0 Å². The van der Waals surface area contributed by atoms with Crippen molar-refractivity contribution in [1.82, 2.24) is 15.2 Å². The molecular weight excluding hydrogens is 306 g/mol. The highest BCUT2D eigenvalue weighted by atomic mass is 16.2. The van der Waals surface area contributed by atoms with E-state index in [9.17, 15) is 14.4 Å². The van der Waals surface area contributed by atoms with Crippen LogP contribution in [0.5, 0.6) is 0 Å². The van der Waals surface area contributed by atoms with Gasteiger partial charge in [-0.3, -0.25) is 24.3 Å². The lowest BCUT2D eigenvalue weighted by Crippen LogP contribution is -2.41. The summed E-state index contributed by atoms with van der Waals surface area (Å²) >= 11 is 0. The van der Waals surface area contributed by atoms with Crippen LogP contribution in [0.1, 0.15) is 17.7 Å². The first-order valence-corrected chi connectivity index (χ1v) is 8.27.